The van der Waals surface area contributed by atoms with Crippen LogP contribution in [0.5, 0.6) is 0 Å². The van der Waals surface area contributed by atoms with Gasteiger partial charge in [0, 0.05) is 19.5 Å². The first-order chi connectivity index (χ1) is 6.36. The zero-order valence-corrected chi connectivity index (χ0v) is 7.78. The molecule has 2 nitrogen and oxygen atoms in total. The van der Waals surface area contributed by atoms with Gasteiger partial charge in [-0.2, -0.15) is 0 Å². The van der Waals surface area contributed by atoms with Gasteiger partial charge in [0.1, 0.15) is 0 Å². The minimum atomic E-state index is 0.336. The third-order valence-electron chi connectivity index (χ3n) is 2.70. The Hall–Kier alpha value is -1.05. The molecule has 1 atom stereocenters. The Balaban J connectivity index is 1.87. The number of likely N-dealkylation sites (tertiary alicyclic amines) is 1. The van der Waals surface area contributed by atoms with Crippen LogP contribution >= 0.6 is 0 Å². The second-order valence-corrected chi connectivity index (χ2v) is 3.75. The van der Waals surface area contributed by atoms with Crippen molar-refractivity contribution in [2.45, 2.75) is 19.3 Å². The van der Waals surface area contributed by atoms with E-state index in [0.29, 0.717) is 11.8 Å². The molecule has 0 aromatic heterocycles. The first-order valence-electron chi connectivity index (χ1n) is 4.97. The lowest BCUT2D eigenvalue weighted by Crippen LogP contribution is -2.30. The van der Waals surface area contributed by atoms with Gasteiger partial charge in [0.05, 0.1) is 0 Å². The molecule has 1 heterocycles. The molecule has 2 heteroatoms. The van der Waals surface area contributed by atoms with Crippen LogP contribution in [0, 0.1) is 5.92 Å². The SMILES string of the molecule is O=C1CCCN1CC1C=CC=CC1. The summed E-state index contributed by atoms with van der Waals surface area (Å²) in [5.74, 6) is 0.884. The summed E-state index contributed by atoms with van der Waals surface area (Å²) in [6, 6.07) is 0. The maximum atomic E-state index is 11.3. The number of rotatable bonds is 2. The van der Waals surface area contributed by atoms with Gasteiger partial charge in [-0.15, -0.1) is 0 Å². The predicted molar refractivity (Wildman–Crippen MR) is 52.2 cm³/mol. The molecule has 0 spiro atoms. The van der Waals surface area contributed by atoms with Crippen molar-refractivity contribution >= 4 is 5.91 Å². The van der Waals surface area contributed by atoms with Crippen LogP contribution in [-0.4, -0.2) is 23.9 Å². The molecule has 0 saturated carbocycles. The summed E-state index contributed by atoms with van der Waals surface area (Å²) in [6.07, 6.45) is 11.4. The fourth-order valence-corrected chi connectivity index (χ4v) is 1.95. The molecule has 0 bridgehead atoms. The highest BCUT2D eigenvalue weighted by molar-refractivity contribution is 5.78. The van der Waals surface area contributed by atoms with E-state index in [9.17, 15) is 4.79 Å². The highest BCUT2D eigenvalue weighted by Gasteiger charge is 2.22. The first kappa shape index (κ1) is 8.54. The average molecular weight is 177 g/mol. The van der Waals surface area contributed by atoms with Crippen LogP contribution in [0.2, 0.25) is 0 Å². The zero-order valence-electron chi connectivity index (χ0n) is 7.78. The summed E-state index contributed by atoms with van der Waals surface area (Å²) < 4.78 is 0. The lowest BCUT2D eigenvalue weighted by atomic mass is 10.0. The third-order valence-corrected chi connectivity index (χ3v) is 2.70. The van der Waals surface area contributed by atoms with Crippen LogP contribution in [0.15, 0.2) is 24.3 Å². The quantitative estimate of drug-likeness (QED) is 0.629. The molecule has 1 aliphatic heterocycles. The molecule has 70 valence electrons. The molecule has 1 fully saturated rings. The number of hydrogen-bond acceptors (Lipinski definition) is 1. The third kappa shape index (κ3) is 2.00. The van der Waals surface area contributed by atoms with Crippen molar-refractivity contribution in [2.75, 3.05) is 13.1 Å². The second kappa shape index (κ2) is 3.77. The van der Waals surface area contributed by atoms with Crippen molar-refractivity contribution in [1.82, 2.24) is 4.90 Å². The van der Waals surface area contributed by atoms with Crippen molar-refractivity contribution in [1.29, 1.82) is 0 Å². The van der Waals surface area contributed by atoms with Gasteiger partial charge in [0.2, 0.25) is 5.91 Å². The normalized spacial score (nSPS) is 27.2. The molecule has 1 aliphatic carbocycles. The number of hydrogen-bond donors (Lipinski definition) is 0. The van der Waals surface area contributed by atoms with Crippen LogP contribution in [0.3, 0.4) is 0 Å². The summed E-state index contributed by atoms with van der Waals surface area (Å²) in [4.78, 5) is 13.3. The first-order valence-corrected chi connectivity index (χ1v) is 4.97. The van der Waals surface area contributed by atoms with Gasteiger partial charge in [-0.25, -0.2) is 0 Å². The molecule has 1 saturated heterocycles. The molecule has 2 rings (SSSR count). The standard InChI is InChI=1S/C11H15NO/c13-11-7-4-8-12(11)9-10-5-2-1-3-6-10/h1-3,5,10H,4,6-9H2. The van der Waals surface area contributed by atoms with E-state index in [-0.39, 0.29) is 0 Å². The van der Waals surface area contributed by atoms with E-state index < -0.39 is 0 Å². The predicted octanol–water partition coefficient (Wildman–Crippen LogP) is 1.74. The number of allylic oxidation sites excluding steroid dienone is 3. The van der Waals surface area contributed by atoms with Crippen molar-refractivity contribution in [3.05, 3.63) is 24.3 Å². The van der Waals surface area contributed by atoms with Crippen molar-refractivity contribution in [2.24, 2.45) is 5.92 Å². The van der Waals surface area contributed by atoms with E-state index in [2.05, 4.69) is 24.3 Å². The Labute approximate surface area is 78.9 Å². The van der Waals surface area contributed by atoms with Gasteiger partial charge in [-0.05, 0) is 18.8 Å². The van der Waals surface area contributed by atoms with E-state index in [0.717, 1.165) is 32.4 Å². The summed E-state index contributed by atoms with van der Waals surface area (Å²) in [7, 11) is 0. The molecular weight excluding hydrogens is 162 g/mol. The zero-order chi connectivity index (χ0) is 9.10. The maximum absolute atomic E-state index is 11.3. The second-order valence-electron chi connectivity index (χ2n) is 3.75. The minimum Gasteiger partial charge on any atom is -0.342 e. The summed E-state index contributed by atoms with van der Waals surface area (Å²) in [6.45, 7) is 1.88. The highest BCUT2D eigenvalue weighted by Crippen LogP contribution is 2.17. The van der Waals surface area contributed by atoms with Crippen molar-refractivity contribution in [3.63, 3.8) is 0 Å². The number of nitrogens with zero attached hydrogens (tertiary/aromatic N) is 1. The van der Waals surface area contributed by atoms with Crippen LogP contribution in [0.4, 0.5) is 0 Å². The van der Waals surface area contributed by atoms with Crippen LogP contribution in [0.25, 0.3) is 0 Å². The maximum Gasteiger partial charge on any atom is 0.222 e. The molecule has 1 amide bonds. The summed E-state index contributed by atoms with van der Waals surface area (Å²) in [5.41, 5.74) is 0. The van der Waals surface area contributed by atoms with E-state index in [1.54, 1.807) is 0 Å². The van der Waals surface area contributed by atoms with E-state index in [1.165, 1.54) is 0 Å². The Morgan fingerprint density at radius 3 is 3.00 bits per heavy atom. The number of amides is 1. The Morgan fingerprint density at radius 1 is 1.46 bits per heavy atom. The largest absolute Gasteiger partial charge is 0.342 e. The van der Waals surface area contributed by atoms with Crippen molar-refractivity contribution < 1.29 is 4.79 Å². The molecule has 2 aliphatic rings. The van der Waals surface area contributed by atoms with Gasteiger partial charge in [0.25, 0.3) is 0 Å². The molecule has 0 aromatic carbocycles. The van der Waals surface area contributed by atoms with Crippen LogP contribution in [0.1, 0.15) is 19.3 Å². The minimum absolute atomic E-state index is 0.336. The van der Waals surface area contributed by atoms with E-state index >= 15 is 0 Å². The lowest BCUT2D eigenvalue weighted by Gasteiger charge is -2.21. The highest BCUT2D eigenvalue weighted by atomic mass is 16.2. The van der Waals surface area contributed by atoms with Crippen molar-refractivity contribution in [3.8, 4) is 0 Å². The topological polar surface area (TPSA) is 20.3 Å². The number of carbonyl (C=O) groups is 1. The average Bonchev–Trinajstić information content (AvgIpc) is 2.54. The monoisotopic (exact) mass is 177 g/mol. The van der Waals surface area contributed by atoms with Crippen LogP contribution in [-0.2, 0) is 4.79 Å². The fourth-order valence-electron chi connectivity index (χ4n) is 1.95. The van der Waals surface area contributed by atoms with E-state index in [1.807, 2.05) is 4.90 Å². The fraction of sp³-hybridized carbons (Fsp3) is 0.545. The van der Waals surface area contributed by atoms with Gasteiger partial charge in [-0.3, -0.25) is 4.79 Å². The van der Waals surface area contributed by atoms with E-state index in [4.69, 9.17) is 0 Å². The summed E-state index contributed by atoms with van der Waals surface area (Å²) >= 11 is 0. The Bertz CT molecular complexity index is 255. The Morgan fingerprint density at radius 2 is 2.38 bits per heavy atom. The van der Waals surface area contributed by atoms with Gasteiger partial charge < -0.3 is 4.90 Å². The van der Waals surface area contributed by atoms with Crippen LogP contribution < -0.4 is 0 Å². The van der Waals surface area contributed by atoms with Gasteiger partial charge in [0.15, 0.2) is 0 Å². The molecule has 1 unspecified atom stereocenters. The van der Waals surface area contributed by atoms with Gasteiger partial charge in [-0.1, -0.05) is 24.3 Å². The molecule has 13 heavy (non-hydrogen) atoms. The lowest BCUT2D eigenvalue weighted by molar-refractivity contribution is -0.128. The summed E-state index contributed by atoms with van der Waals surface area (Å²) in [5, 5.41) is 0. The number of carbonyl (C=O) groups excluding carboxylic acids is 1. The molecule has 0 N–H and O–H groups in total. The van der Waals surface area contributed by atoms with Gasteiger partial charge >= 0.3 is 0 Å². The molecule has 0 aromatic rings. The smallest absolute Gasteiger partial charge is 0.222 e. The molecular formula is C11H15NO. The molecule has 0 radical (unpaired) electrons. The Kier molecular flexibility index (Phi) is 2.48.